The Morgan fingerprint density at radius 1 is 1.00 bits per heavy atom. The van der Waals surface area contributed by atoms with E-state index in [4.69, 9.17) is 4.22 Å². The second-order valence-corrected chi connectivity index (χ2v) is 35.2. The molecule has 2 heteroatoms. The summed E-state index contributed by atoms with van der Waals surface area (Å²) in [4.78, 5) is 0. The Kier molecular flexibility index (Phi) is 0.356. The molecule has 3 rings (SSSR count). The minimum atomic E-state index is -3.07. The van der Waals surface area contributed by atoms with Crippen molar-refractivity contribution < 1.29 is 11.7 Å². The molecular weight excluding hydrogens is 158 g/mol. The van der Waals surface area contributed by atoms with Gasteiger partial charge >= 0.3 is 55.9 Å². The van der Waals surface area contributed by atoms with Crippen LogP contribution >= 0.6 is 0 Å². The Labute approximate surface area is 56.1 Å². The van der Waals surface area contributed by atoms with Gasteiger partial charge in [0, 0.05) is 0 Å². The van der Waals surface area contributed by atoms with Crippen LogP contribution in [0.25, 0.3) is 0 Å². The summed E-state index contributed by atoms with van der Waals surface area (Å²) in [7, 11) is 0. The molecule has 0 atom stereocenters. The minimum absolute atomic E-state index is 1.41. The van der Waals surface area contributed by atoms with E-state index in [9.17, 15) is 0 Å². The summed E-state index contributed by atoms with van der Waals surface area (Å²) in [5, 5.41) is 0. The van der Waals surface area contributed by atoms with Crippen LogP contribution in [0.5, 0.6) is 0 Å². The zero-order chi connectivity index (χ0) is 7.30. The number of hydrogen-bond donors (Lipinski definition) is 1. The van der Waals surface area contributed by atoms with E-state index in [1.54, 1.807) is 0 Å². The summed E-state index contributed by atoms with van der Waals surface area (Å²) in [6, 6.07) is 0. The van der Waals surface area contributed by atoms with Crippen LogP contribution in [0.15, 0.2) is 0 Å². The van der Waals surface area contributed by atoms with Gasteiger partial charge in [-0.15, -0.1) is 0 Å². The molecule has 1 spiro atoms. The monoisotopic (exact) mass is 177 g/mol. The maximum absolute atomic E-state index is 7.01. The molecule has 0 aromatic carbocycles. The van der Waals surface area contributed by atoms with Crippen LogP contribution in [0, 0.1) is 0 Å². The topological polar surface area (TPSA) is 26.0 Å². The van der Waals surface area contributed by atoms with E-state index < -0.39 is 11.7 Å². The average Bonchev–Trinajstić information content (AvgIpc) is 2.86. The zero-order valence-electron chi connectivity index (χ0n) is 7.03. The van der Waals surface area contributed by atoms with Gasteiger partial charge < -0.3 is 0 Å². The Bertz CT molecular complexity index is 263. The Morgan fingerprint density at radius 3 is 1.30 bits per heavy atom. The van der Waals surface area contributed by atoms with E-state index >= 15 is 0 Å². The molecule has 0 unspecified atom stereocenters. The van der Waals surface area contributed by atoms with E-state index in [2.05, 4.69) is 6.92 Å². The molecule has 3 fully saturated rings. The SMILES string of the molecule is C[CH2][Ti]123([NH2])([CH2][CH2]1)([CH2][CH2]2)[CH2][CH2]3. The van der Waals surface area contributed by atoms with Crippen molar-refractivity contribution in [1.29, 1.82) is 0 Å². The third kappa shape index (κ3) is 0.235. The van der Waals surface area contributed by atoms with Crippen LogP contribution in [0.2, 0.25) is 33.1 Å². The van der Waals surface area contributed by atoms with Crippen molar-refractivity contribution in [2.24, 2.45) is 4.22 Å². The fourth-order valence-corrected chi connectivity index (χ4v) is 36.8. The van der Waals surface area contributed by atoms with E-state index in [-0.39, 0.29) is 0 Å². The summed E-state index contributed by atoms with van der Waals surface area (Å²) in [5.74, 6) is 0. The molecule has 0 bridgehead atoms. The summed E-state index contributed by atoms with van der Waals surface area (Å²) in [6.07, 6.45) is 0. The molecule has 3 aliphatic rings. The second-order valence-electron chi connectivity index (χ2n) is 8.53. The molecule has 3 aliphatic heterocycles. The van der Waals surface area contributed by atoms with Gasteiger partial charge in [-0.3, -0.25) is 0 Å². The van der Waals surface area contributed by atoms with Crippen molar-refractivity contribution in [3.63, 3.8) is 0 Å². The van der Waals surface area contributed by atoms with Gasteiger partial charge in [0.2, 0.25) is 0 Å². The summed E-state index contributed by atoms with van der Waals surface area (Å²) < 4.78 is 17.4. The van der Waals surface area contributed by atoms with Gasteiger partial charge in [0.1, 0.15) is 0 Å². The third-order valence-electron chi connectivity index (χ3n) is 8.62. The van der Waals surface area contributed by atoms with Crippen molar-refractivity contribution in [2.75, 3.05) is 0 Å². The molecule has 1 nitrogen and oxygen atoms in total. The quantitative estimate of drug-likeness (QED) is 0.611. The van der Waals surface area contributed by atoms with Crippen LogP contribution in [-0.2, 0) is 11.7 Å². The summed E-state index contributed by atoms with van der Waals surface area (Å²) in [5.41, 5.74) is 0. The molecule has 0 amide bonds. The Morgan fingerprint density at radius 2 is 1.30 bits per heavy atom. The van der Waals surface area contributed by atoms with E-state index in [0.717, 1.165) is 0 Å². The molecule has 0 saturated carbocycles. The standard InChI is InChI=1S/C2H5.3C2H4.H2N.Ti/c4*1-2;;/h1H2,2H3;3*1-2H2;1H2;/q;;;;-1;+1. The molecule has 3 saturated heterocycles. The molecule has 0 radical (unpaired) electrons. The van der Waals surface area contributed by atoms with E-state index in [1.165, 1.54) is 33.1 Å². The summed E-state index contributed by atoms with van der Waals surface area (Å²) >= 11 is -3.07. The van der Waals surface area contributed by atoms with Gasteiger partial charge in [-0.25, -0.2) is 0 Å². The molecule has 0 aromatic heterocycles. The number of hydrogen-bond acceptors (Lipinski definition) is 1. The fraction of sp³-hybridized carbons (Fsp3) is 1.00. The summed E-state index contributed by atoms with van der Waals surface area (Å²) in [6.45, 7) is 2.38. The zero-order valence-corrected chi connectivity index (χ0v) is 8.59. The second kappa shape index (κ2) is 0.572. The first-order chi connectivity index (χ1) is 4.31. The van der Waals surface area contributed by atoms with Crippen LogP contribution < -0.4 is 4.22 Å². The van der Waals surface area contributed by atoms with Gasteiger partial charge in [0.15, 0.2) is 0 Å². The average molecular weight is 177 g/mol. The molecule has 2 N–H and O–H groups in total. The first-order valence-corrected chi connectivity index (χ1v) is 13.6. The normalized spacial score (nSPS) is 67.4. The first kappa shape index (κ1) is 6.22. The first-order valence-electron chi connectivity index (χ1n) is 4.97. The molecule has 0 aromatic rings. The van der Waals surface area contributed by atoms with E-state index in [0.29, 0.717) is 0 Å². The Balaban J connectivity index is 2.52. The third-order valence-corrected chi connectivity index (χ3v) is 35.6. The van der Waals surface area contributed by atoms with Crippen LogP contribution in [0.4, 0.5) is 0 Å². The van der Waals surface area contributed by atoms with Gasteiger partial charge in [0.25, 0.3) is 0 Å². The number of nitrogens with two attached hydrogens (primary N) is 1. The van der Waals surface area contributed by atoms with Gasteiger partial charge in [-0.2, -0.15) is 0 Å². The molecule has 60 valence electrons. The van der Waals surface area contributed by atoms with Crippen molar-refractivity contribution in [3.05, 3.63) is 0 Å². The maximum atomic E-state index is 7.01. The molecular formula is C8H19NTi. The van der Waals surface area contributed by atoms with Crippen LogP contribution in [-0.4, -0.2) is 0 Å². The fourth-order valence-electron chi connectivity index (χ4n) is 4.10. The van der Waals surface area contributed by atoms with Crippen molar-refractivity contribution in [1.82, 2.24) is 0 Å². The predicted octanol–water partition coefficient (Wildman–Crippen LogP) is 3.15. The van der Waals surface area contributed by atoms with Crippen LogP contribution in [0.3, 0.4) is 0 Å². The van der Waals surface area contributed by atoms with Gasteiger partial charge in [-0.05, 0) is 0 Å². The van der Waals surface area contributed by atoms with Crippen molar-refractivity contribution in [2.45, 2.75) is 40.0 Å². The Hall–Kier alpha value is 0.674. The van der Waals surface area contributed by atoms with E-state index in [1.807, 2.05) is 0 Å². The number of rotatable bonds is 1. The molecule has 0 aliphatic carbocycles. The molecule has 3 heterocycles. The van der Waals surface area contributed by atoms with Crippen LogP contribution in [0.1, 0.15) is 6.92 Å². The van der Waals surface area contributed by atoms with Crippen molar-refractivity contribution in [3.8, 4) is 0 Å². The van der Waals surface area contributed by atoms with Gasteiger partial charge in [-0.1, -0.05) is 0 Å². The molecule has 10 heavy (non-hydrogen) atoms. The van der Waals surface area contributed by atoms with Crippen molar-refractivity contribution >= 4 is 0 Å². The van der Waals surface area contributed by atoms with Gasteiger partial charge in [0.05, 0.1) is 0 Å². The predicted molar refractivity (Wildman–Crippen MR) is 43.5 cm³/mol.